The predicted octanol–water partition coefficient (Wildman–Crippen LogP) is 3.49. The summed E-state index contributed by atoms with van der Waals surface area (Å²) < 4.78 is 15.8. The van der Waals surface area contributed by atoms with Crippen LogP contribution in [0, 0.1) is 0 Å². The molecule has 3 aliphatic rings. The zero-order valence-electron chi connectivity index (χ0n) is 17.5. The number of nitrogens with zero attached hydrogens (tertiary/aromatic N) is 1. The molecule has 32 heavy (non-hydrogen) atoms. The molecule has 1 aliphatic carbocycles. The number of ether oxygens (including phenoxy) is 3. The number of phenols is 1. The summed E-state index contributed by atoms with van der Waals surface area (Å²) in [6.07, 6.45) is 3.51. The molecule has 2 heterocycles. The summed E-state index contributed by atoms with van der Waals surface area (Å²) >= 11 is 0. The number of benzene rings is 2. The molecule has 2 aliphatic heterocycles. The maximum Gasteiger partial charge on any atom is 0.295 e. The maximum atomic E-state index is 13.2. The van der Waals surface area contributed by atoms with Crippen molar-refractivity contribution in [2.75, 3.05) is 13.9 Å². The molecule has 0 radical (unpaired) electrons. The number of aromatic hydroxyl groups is 1. The van der Waals surface area contributed by atoms with Crippen molar-refractivity contribution in [2.24, 2.45) is 0 Å². The molecule has 8 heteroatoms. The van der Waals surface area contributed by atoms with E-state index in [9.17, 15) is 19.8 Å². The molecular formula is C24H23NO7. The van der Waals surface area contributed by atoms with Crippen LogP contribution in [0.1, 0.15) is 42.9 Å². The van der Waals surface area contributed by atoms with Crippen molar-refractivity contribution in [1.82, 2.24) is 4.90 Å². The Labute approximate surface area is 184 Å². The van der Waals surface area contributed by atoms with E-state index in [4.69, 9.17) is 14.2 Å². The summed E-state index contributed by atoms with van der Waals surface area (Å²) in [4.78, 5) is 27.8. The summed E-state index contributed by atoms with van der Waals surface area (Å²) in [5, 5.41) is 21.6. The highest BCUT2D eigenvalue weighted by atomic mass is 16.7. The predicted molar refractivity (Wildman–Crippen MR) is 114 cm³/mol. The maximum absolute atomic E-state index is 13.2. The van der Waals surface area contributed by atoms with Crippen molar-refractivity contribution in [3.8, 4) is 23.0 Å². The van der Waals surface area contributed by atoms with Crippen LogP contribution in [-0.2, 0) is 9.59 Å². The lowest BCUT2D eigenvalue weighted by atomic mass is 9.94. The van der Waals surface area contributed by atoms with E-state index in [2.05, 4.69) is 0 Å². The van der Waals surface area contributed by atoms with E-state index in [1.165, 1.54) is 13.2 Å². The molecule has 2 aromatic rings. The van der Waals surface area contributed by atoms with Crippen molar-refractivity contribution >= 4 is 17.4 Å². The summed E-state index contributed by atoms with van der Waals surface area (Å²) in [5.41, 5.74) is 0.864. The second-order valence-electron chi connectivity index (χ2n) is 8.14. The molecule has 1 amide bonds. The molecule has 2 N–H and O–H groups in total. The van der Waals surface area contributed by atoms with E-state index in [-0.39, 0.29) is 35.7 Å². The first kappa shape index (κ1) is 20.2. The lowest BCUT2D eigenvalue weighted by molar-refractivity contribution is -0.141. The van der Waals surface area contributed by atoms with Gasteiger partial charge in [0.2, 0.25) is 6.79 Å². The van der Waals surface area contributed by atoms with Crippen LogP contribution in [0.2, 0.25) is 0 Å². The molecule has 0 bridgehead atoms. The minimum absolute atomic E-state index is 0.00895. The average Bonchev–Trinajstić information content (AvgIpc) is 3.53. The summed E-state index contributed by atoms with van der Waals surface area (Å²) in [7, 11) is 1.44. The highest BCUT2D eigenvalue weighted by molar-refractivity contribution is 6.46. The van der Waals surface area contributed by atoms with E-state index in [1.807, 2.05) is 0 Å². The molecule has 166 valence electrons. The van der Waals surface area contributed by atoms with Gasteiger partial charge in [-0.1, -0.05) is 18.9 Å². The van der Waals surface area contributed by atoms with Crippen LogP contribution in [0.4, 0.5) is 0 Å². The van der Waals surface area contributed by atoms with Gasteiger partial charge in [0.15, 0.2) is 23.0 Å². The fourth-order valence-electron chi connectivity index (χ4n) is 4.81. The summed E-state index contributed by atoms with van der Waals surface area (Å²) in [6.45, 7) is 0.0801. The minimum Gasteiger partial charge on any atom is -0.507 e. The molecule has 1 atom stereocenters. The van der Waals surface area contributed by atoms with Gasteiger partial charge in [0.1, 0.15) is 5.76 Å². The third-order valence-electron chi connectivity index (χ3n) is 6.36. The fourth-order valence-corrected chi connectivity index (χ4v) is 4.81. The van der Waals surface area contributed by atoms with E-state index < -0.39 is 17.7 Å². The number of carbonyl (C=O) groups excluding carboxylic acids is 2. The second-order valence-corrected chi connectivity index (χ2v) is 8.14. The Morgan fingerprint density at radius 3 is 2.53 bits per heavy atom. The van der Waals surface area contributed by atoms with Crippen molar-refractivity contribution in [3.63, 3.8) is 0 Å². The van der Waals surface area contributed by atoms with Gasteiger partial charge in [-0.2, -0.15) is 0 Å². The number of amides is 1. The Morgan fingerprint density at radius 1 is 1.06 bits per heavy atom. The Morgan fingerprint density at radius 2 is 1.81 bits per heavy atom. The van der Waals surface area contributed by atoms with Crippen LogP contribution in [0.3, 0.4) is 0 Å². The van der Waals surface area contributed by atoms with Gasteiger partial charge in [-0.25, -0.2) is 0 Å². The topological polar surface area (TPSA) is 106 Å². The summed E-state index contributed by atoms with van der Waals surface area (Å²) in [6, 6.07) is 8.69. The monoisotopic (exact) mass is 437 g/mol. The number of aliphatic hydroxyl groups is 1. The largest absolute Gasteiger partial charge is 0.507 e. The van der Waals surface area contributed by atoms with Crippen LogP contribution in [-0.4, -0.2) is 46.7 Å². The Kier molecular flexibility index (Phi) is 4.92. The van der Waals surface area contributed by atoms with E-state index >= 15 is 0 Å². The first-order valence-electron chi connectivity index (χ1n) is 10.6. The van der Waals surface area contributed by atoms with Gasteiger partial charge < -0.3 is 29.3 Å². The molecule has 2 aromatic carbocycles. The molecule has 0 aromatic heterocycles. The number of fused-ring (bicyclic) bond motifs is 1. The highest BCUT2D eigenvalue weighted by Crippen LogP contribution is 2.45. The quantitative estimate of drug-likeness (QED) is 0.428. The van der Waals surface area contributed by atoms with Gasteiger partial charge >= 0.3 is 0 Å². The highest BCUT2D eigenvalue weighted by Gasteiger charge is 2.49. The number of methoxy groups -OCH3 is 1. The number of hydrogen-bond donors (Lipinski definition) is 2. The van der Waals surface area contributed by atoms with Gasteiger partial charge in [0.25, 0.3) is 11.7 Å². The molecule has 1 unspecified atom stereocenters. The van der Waals surface area contributed by atoms with E-state index in [0.29, 0.717) is 22.6 Å². The zero-order valence-corrected chi connectivity index (χ0v) is 17.5. The number of carbonyl (C=O) groups is 2. The lowest BCUT2D eigenvalue weighted by Gasteiger charge is -2.31. The first-order valence-corrected chi connectivity index (χ1v) is 10.6. The smallest absolute Gasteiger partial charge is 0.295 e. The number of ketones is 1. The number of Topliss-reactive ketones (excluding diaryl/α,β-unsaturated/α-hetero) is 1. The van der Waals surface area contributed by atoms with Crippen LogP contribution >= 0.6 is 0 Å². The number of phenolic OH excluding ortho intramolecular Hbond substituents is 1. The van der Waals surface area contributed by atoms with Crippen molar-refractivity contribution in [3.05, 3.63) is 53.1 Å². The molecule has 5 rings (SSSR count). The van der Waals surface area contributed by atoms with Gasteiger partial charge in [-0.3, -0.25) is 9.59 Å². The van der Waals surface area contributed by atoms with Crippen LogP contribution in [0.25, 0.3) is 5.76 Å². The van der Waals surface area contributed by atoms with Crippen molar-refractivity contribution in [2.45, 2.75) is 37.8 Å². The Bertz CT molecular complexity index is 1130. The molecule has 1 saturated carbocycles. The average molecular weight is 437 g/mol. The number of aliphatic hydroxyl groups excluding tert-OH is 1. The standard InChI is InChI=1S/C24H23NO7/c1-30-17-8-6-13(10-16(17)26)21-20(23(28)24(29)25(21)15-4-2-3-5-15)22(27)14-7-9-18-19(11-14)32-12-31-18/h6-11,15,21,26-27H,2-5,12H2,1H3/b22-20-. The normalized spacial score (nSPS) is 22.0. The number of likely N-dealkylation sites (tertiary alicyclic amines) is 1. The zero-order chi connectivity index (χ0) is 22.4. The van der Waals surface area contributed by atoms with Crippen molar-refractivity contribution < 1.29 is 34.0 Å². The third kappa shape index (κ3) is 3.14. The van der Waals surface area contributed by atoms with Crippen LogP contribution < -0.4 is 14.2 Å². The Hall–Kier alpha value is -3.68. The number of hydrogen-bond acceptors (Lipinski definition) is 7. The molecule has 1 saturated heterocycles. The van der Waals surface area contributed by atoms with Crippen LogP contribution in [0.5, 0.6) is 23.0 Å². The summed E-state index contributed by atoms with van der Waals surface area (Å²) in [5.74, 6) is -0.496. The van der Waals surface area contributed by atoms with Gasteiger partial charge in [-0.15, -0.1) is 0 Å². The molecule has 8 nitrogen and oxygen atoms in total. The van der Waals surface area contributed by atoms with Gasteiger partial charge in [0.05, 0.1) is 18.7 Å². The van der Waals surface area contributed by atoms with E-state index in [1.54, 1.807) is 35.2 Å². The Balaban J connectivity index is 1.66. The lowest BCUT2D eigenvalue weighted by Crippen LogP contribution is -2.37. The fraction of sp³-hybridized carbons (Fsp3) is 0.333. The van der Waals surface area contributed by atoms with Crippen molar-refractivity contribution in [1.29, 1.82) is 0 Å². The first-order chi connectivity index (χ1) is 15.5. The molecular weight excluding hydrogens is 414 g/mol. The molecule has 0 spiro atoms. The van der Waals surface area contributed by atoms with Crippen LogP contribution in [0.15, 0.2) is 42.0 Å². The van der Waals surface area contributed by atoms with Gasteiger partial charge in [0, 0.05) is 11.6 Å². The molecule has 2 fully saturated rings. The number of rotatable bonds is 4. The second kappa shape index (κ2) is 7.78. The van der Waals surface area contributed by atoms with E-state index in [0.717, 1.165) is 25.7 Å². The van der Waals surface area contributed by atoms with Gasteiger partial charge in [-0.05, 0) is 48.7 Å². The SMILES string of the molecule is COc1ccc(C2/C(=C(/O)c3ccc4c(c3)OCO4)C(=O)C(=O)N2C2CCCC2)cc1O. The third-order valence-corrected chi connectivity index (χ3v) is 6.36. The minimum atomic E-state index is -0.819.